The second-order valence-corrected chi connectivity index (χ2v) is 4.44. The lowest BCUT2D eigenvalue weighted by Crippen LogP contribution is -1.95. The van der Waals surface area contributed by atoms with Crippen LogP contribution < -0.4 is 4.74 Å². The van der Waals surface area contributed by atoms with Gasteiger partial charge in [-0.25, -0.2) is 0 Å². The molecule has 0 unspecified atom stereocenters. The monoisotopic (exact) mass is 291 g/mol. The molecule has 3 rings (SSSR count). The summed E-state index contributed by atoms with van der Waals surface area (Å²) in [6.07, 6.45) is 0. The predicted octanol–water partition coefficient (Wildman–Crippen LogP) is 4.12. The van der Waals surface area contributed by atoms with E-state index in [2.05, 4.69) is 15.0 Å². The van der Waals surface area contributed by atoms with E-state index in [-0.39, 0.29) is 16.6 Å². The van der Waals surface area contributed by atoms with Gasteiger partial charge in [-0.1, -0.05) is 30.3 Å². The predicted molar refractivity (Wildman–Crippen MR) is 73.9 cm³/mol. The van der Waals surface area contributed by atoms with Gasteiger partial charge in [0.1, 0.15) is 5.75 Å². The quantitative estimate of drug-likeness (QED) is 0.712. The molecular weight excluding hydrogens is 285 g/mol. The van der Waals surface area contributed by atoms with E-state index in [9.17, 15) is 0 Å². The van der Waals surface area contributed by atoms with Crippen molar-refractivity contribution in [3.8, 4) is 11.8 Å². The van der Waals surface area contributed by atoms with Gasteiger partial charge in [-0.3, -0.25) is 0 Å². The number of hydrogen-bond donors (Lipinski definition) is 0. The molecule has 1 aromatic heterocycles. The first-order valence-corrected chi connectivity index (χ1v) is 6.20. The second-order valence-electron chi connectivity index (χ2n) is 3.77. The van der Waals surface area contributed by atoms with Crippen LogP contribution >= 0.6 is 23.2 Å². The van der Waals surface area contributed by atoms with Crippen molar-refractivity contribution in [2.75, 3.05) is 0 Å². The number of fused-ring (bicyclic) bond motifs is 1. The Morgan fingerprint density at radius 2 is 1.47 bits per heavy atom. The molecule has 0 N–H and O–H groups in total. The van der Waals surface area contributed by atoms with Crippen LogP contribution in [0.1, 0.15) is 0 Å². The van der Waals surface area contributed by atoms with E-state index in [1.54, 1.807) is 0 Å². The molecule has 0 atom stereocenters. The van der Waals surface area contributed by atoms with Gasteiger partial charge in [0.15, 0.2) is 0 Å². The van der Waals surface area contributed by atoms with Crippen LogP contribution in [0, 0.1) is 0 Å². The number of rotatable bonds is 2. The lowest BCUT2D eigenvalue weighted by Gasteiger charge is -2.05. The molecule has 0 fully saturated rings. The van der Waals surface area contributed by atoms with Gasteiger partial charge in [0.2, 0.25) is 10.6 Å². The van der Waals surface area contributed by atoms with Crippen LogP contribution in [0.5, 0.6) is 11.8 Å². The average Bonchev–Trinajstić information content (AvgIpc) is 2.37. The highest BCUT2D eigenvalue weighted by Crippen LogP contribution is 2.24. The number of benzene rings is 2. The van der Waals surface area contributed by atoms with Crippen molar-refractivity contribution in [1.82, 2.24) is 15.0 Å². The van der Waals surface area contributed by atoms with Gasteiger partial charge in [0.05, 0.1) is 0 Å². The highest BCUT2D eigenvalue weighted by atomic mass is 35.5. The molecule has 0 amide bonds. The molecule has 0 saturated heterocycles. The number of nitrogens with zero attached hydrogens (tertiary/aromatic N) is 3. The zero-order chi connectivity index (χ0) is 13.2. The van der Waals surface area contributed by atoms with Crippen molar-refractivity contribution in [3.63, 3.8) is 0 Å². The van der Waals surface area contributed by atoms with Crippen LogP contribution in [0.3, 0.4) is 0 Å². The SMILES string of the molecule is Clc1nc(Cl)nc(Oc2ccc3ccccc3c2)n1. The second kappa shape index (κ2) is 4.99. The highest BCUT2D eigenvalue weighted by molar-refractivity contribution is 6.31. The maximum absolute atomic E-state index is 5.68. The maximum Gasteiger partial charge on any atom is 0.327 e. The number of aromatic nitrogens is 3. The molecule has 6 heteroatoms. The highest BCUT2D eigenvalue weighted by Gasteiger charge is 2.06. The Bertz CT molecular complexity index is 729. The first-order chi connectivity index (χ1) is 9.20. The minimum absolute atomic E-state index is 0.00390. The Morgan fingerprint density at radius 3 is 2.21 bits per heavy atom. The Hall–Kier alpha value is -1.91. The van der Waals surface area contributed by atoms with Crippen molar-refractivity contribution in [2.24, 2.45) is 0 Å². The lowest BCUT2D eigenvalue weighted by molar-refractivity contribution is 0.440. The fourth-order valence-electron chi connectivity index (χ4n) is 1.69. The van der Waals surface area contributed by atoms with Crippen LogP contribution in [-0.2, 0) is 0 Å². The standard InChI is InChI=1S/C13H7Cl2N3O/c14-11-16-12(15)18-13(17-11)19-10-6-5-8-3-1-2-4-9(8)7-10/h1-7H. The van der Waals surface area contributed by atoms with E-state index in [0.717, 1.165) is 10.8 Å². The molecule has 0 aliphatic carbocycles. The van der Waals surface area contributed by atoms with Crippen LogP contribution in [0.15, 0.2) is 42.5 Å². The molecule has 94 valence electrons. The summed E-state index contributed by atoms with van der Waals surface area (Å²) in [5.74, 6) is 0.608. The zero-order valence-electron chi connectivity index (χ0n) is 9.55. The number of halogens is 2. The zero-order valence-corrected chi connectivity index (χ0v) is 11.1. The van der Waals surface area contributed by atoms with Gasteiger partial charge in [-0.05, 0) is 46.1 Å². The Kier molecular flexibility index (Phi) is 3.19. The van der Waals surface area contributed by atoms with Crippen molar-refractivity contribution in [3.05, 3.63) is 53.0 Å². The van der Waals surface area contributed by atoms with E-state index < -0.39 is 0 Å². The van der Waals surface area contributed by atoms with Gasteiger partial charge >= 0.3 is 6.01 Å². The van der Waals surface area contributed by atoms with E-state index in [1.807, 2.05) is 42.5 Å². The minimum atomic E-state index is -0.00390. The van der Waals surface area contributed by atoms with Gasteiger partial charge < -0.3 is 4.74 Å². The van der Waals surface area contributed by atoms with E-state index >= 15 is 0 Å². The first kappa shape index (κ1) is 12.1. The van der Waals surface area contributed by atoms with Crippen molar-refractivity contribution >= 4 is 34.0 Å². The molecule has 0 aliphatic rings. The van der Waals surface area contributed by atoms with Crippen LogP contribution in [0.25, 0.3) is 10.8 Å². The number of hydrogen-bond acceptors (Lipinski definition) is 4. The number of ether oxygens (including phenoxy) is 1. The molecule has 19 heavy (non-hydrogen) atoms. The molecule has 1 heterocycles. The van der Waals surface area contributed by atoms with Crippen molar-refractivity contribution in [1.29, 1.82) is 0 Å². The molecule has 4 nitrogen and oxygen atoms in total. The Labute approximate surface area is 119 Å². The van der Waals surface area contributed by atoms with Crippen molar-refractivity contribution in [2.45, 2.75) is 0 Å². The van der Waals surface area contributed by atoms with Gasteiger partial charge in [-0.2, -0.15) is 15.0 Å². The third-order valence-corrected chi connectivity index (χ3v) is 2.83. The fraction of sp³-hybridized carbons (Fsp3) is 0. The molecule has 0 bridgehead atoms. The largest absolute Gasteiger partial charge is 0.424 e. The molecule has 0 aliphatic heterocycles. The normalized spacial score (nSPS) is 10.6. The summed E-state index contributed by atoms with van der Waals surface area (Å²) in [5, 5.41) is 2.18. The summed E-state index contributed by atoms with van der Waals surface area (Å²) in [5.41, 5.74) is 0. The maximum atomic E-state index is 5.68. The smallest absolute Gasteiger partial charge is 0.327 e. The summed E-state index contributed by atoms with van der Waals surface area (Å²) in [6, 6.07) is 13.7. The summed E-state index contributed by atoms with van der Waals surface area (Å²) in [4.78, 5) is 11.3. The average molecular weight is 292 g/mol. The lowest BCUT2D eigenvalue weighted by atomic mass is 10.1. The van der Waals surface area contributed by atoms with Gasteiger partial charge in [0, 0.05) is 0 Å². The van der Waals surface area contributed by atoms with E-state index in [0.29, 0.717) is 5.75 Å². The molecule has 0 saturated carbocycles. The van der Waals surface area contributed by atoms with Crippen molar-refractivity contribution < 1.29 is 4.74 Å². The molecular formula is C13H7Cl2N3O. The van der Waals surface area contributed by atoms with Crippen LogP contribution in [0.4, 0.5) is 0 Å². The molecule has 0 spiro atoms. The van der Waals surface area contributed by atoms with Crippen LogP contribution in [0.2, 0.25) is 10.6 Å². The summed E-state index contributed by atoms with van der Waals surface area (Å²) >= 11 is 11.4. The van der Waals surface area contributed by atoms with Crippen LogP contribution in [-0.4, -0.2) is 15.0 Å². The van der Waals surface area contributed by atoms with E-state index in [1.165, 1.54) is 0 Å². The Balaban J connectivity index is 1.96. The first-order valence-electron chi connectivity index (χ1n) is 5.44. The third kappa shape index (κ3) is 2.75. The summed E-state index contributed by atoms with van der Waals surface area (Å²) in [7, 11) is 0. The minimum Gasteiger partial charge on any atom is -0.424 e. The van der Waals surface area contributed by atoms with Gasteiger partial charge in [-0.15, -0.1) is 0 Å². The van der Waals surface area contributed by atoms with E-state index in [4.69, 9.17) is 27.9 Å². The fourth-order valence-corrected chi connectivity index (χ4v) is 2.04. The summed E-state index contributed by atoms with van der Waals surface area (Å²) < 4.78 is 5.52. The molecule has 0 radical (unpaired) electrons. The topological polar surface area (TPSA) is 47.9 Å². The summed E-state index contributed by atoms with van der Waals surface area (Å²) in [6.45, 7) is 0. The Morgan fingerprint density at radius 1 is 0.789 bits per heavy atom. The third-order valence-electron chi connectivity index (χ3n) is 2.49. The molecule has 3 aromatic rings. The molecule has 2 aromatic carbocycles. The van der Waals surface area contributed by atoms with Gasteiger partial charge in [0.25, 0.3) is 0 Å².